The van der Waals surface area contributed by atoms with E-state index in [-0.39, 0.29) is 5.91 Å². The summed E-state index contributed by atoms with van der Waals surface area (Å²) in [5.74, 6) is 0.200. The van der Waals surface area contributed by atoms with Crippen molar-refractivity contribution >= 4 is 34.0 Å². The monoisotopic (exact) mass is 430 g/mol. The van der Waals surface area contributed by atoms with E-state index in [0.29, 0.717) is 34.6 Å². The summed E-state index contributed by atoms with van der Waals surface area (Å²) in [4.78, 5) is 24.5. The van der Waals surface area contributed by atoms with Gasteiger partial charge in [-0.05, 0) is 45.9 Å². The van der Waals surface area contributed by atoms with Gasteiger partial charge in [0.2, 0.25) is 0 Å². The molecule has 9 nitrogen and oxygen atoms in total. The van der Waals surface area contributed by atoms with Gasteiger partial charge >= 0.3 is 0 Å². The highest BCUT2D eigenvalue weighted by Crippen LogP contribution is 2.29. The number of nitrogens with zero attached hydrogens (tertiary/aromatic N) is 6. The number of hydrogen-bond acceptors (Lipinski definition) is 7. The van der Waals surface area contributed by atoms with E-state index in [1.807, 2.05) is 42.6 Å². The molecule has 1 amide bonds. The lowest BCUT2D eigenvalue weighted by molar-refractivity contribution is 0.102. The van der Waals surface area contributed by atoms with Crippen LogP contribution in [0.15, 0.2) is 36.8 Å². The lowest BCUT2D eigenvalue weighted by Gasteiger charge is -2.38. The molecule has 5 rings (SSSR count). The van der Waals surface area contributed by atoms with E-state index < -0.39 is 0 Å². The molecule has 2 N–H and O–H groups in total. The predicted octanol–water partition coefficient (Wildman–Crippen LogP) is 2.73. The van der Waals surface area contributed by atoms with Crippen molar-refractivity contribution in [3.8, 4) is 0 Å². The Morgan fingerprint density at radius 3 is 2.66 bits per heavy atom. The highest BCUT2D eigenvalue weighted by molar-refractivity contribution is 6.13. The molecular weight excluding hydrogens is 404 g/mol. The first kappa shape index (κ1) is 20.3. The highest BCUT2D eigenvalue weighted by atomic mass is 16.1. The first-order valence-corrected chi connectivity index (χ1v) is 10.8. The Balaban J connectivity index is 1.49. The Hall–Kier alpha value is -3.59. The van der Waals surface area contributed by atoms with Crippen molar-refractivity contribution in [3.63, 3.8) is 0 Å². The van der Waals surface area contributed by atoms with E-state index in [2.05, 4.69) is 49.5 Å². The summed E-state index contributed by atoms with van der Waals surface area (Å²) < 4.78 is 1.88. The Morgan fingerprint density at radius 2 is 1.88 bits per heavy atom. The molecule has 164 valence electrons. The molecule has 4 heterocycles. The van der Waals surface area contributed by atoms with Crippen LogP contribution in [0.4, 0.5) is 11.5 Å². The number of aromatic nitrogens is 5. The van der Waals surface area contributed by atoms with Gasteiger partial charge in [0.15, 0.2) is 11.5 Å². The first-order valence-electron chi connectivity index (χ1n) is 10.8. The molecule has 1 aromatic carbocycles. The van der Waals surface area contributed by atoms with Crippen molar-refractivity contribution in [1.29, 1.82) is 0 Å². The number of imidazole rings is 1. The van der Waals surface area contributed by atoms with Crippen LogP contribution in [0.5, 0.6) is 0 Å². The minimum absolute atomic E-state index is 0.269. The summed E-state index contributed by atoms with van der Waals surface area (Å²) >= 11 is 0. The zero-order valence-electron chi connectivity index (χ0n) is 18.6. The number of amides is 1. The van der Waals surface area contributed by atoms with E-state index in [0.717, 1.165) is 35.6 Å². The number of piperazine rings is 1. The molecule has 0 bridgehead atoms. The van der Waals surface area contributed by atoms with Gasteiger partial charge in [-0.2, -0.15) is 5.10 Å². The number of fused-ring (bicyclic) bond motifs is 2. The highest BCUT2D eigenvalue weighted by Gasteiger charge is 2.24. The van der Waals surface area contributed by atoms with E-state index in [1.54, 1.807) is 12.4 Å². The van der Waals surface area contributed by atoms with Gasteiger partial charge in [0.25, 0.3) is 5.91 Å². The fraction of sp³-hybridized carbons (Fsp3) is 0.348. The molecule has 0 saturated carbocycles. The molecule has 0 aliphatic carbocycles. The number of rotatable bonds is 3. The fourth-order valence-corrected chi connectivity index (χ4v) is 4.60. The minimum Gasteiger partial charge on any atom is -0.368 e. The number of carbonyl (C=O) groups excluding carboxylic acids is 1. The van der Waals surface area contributed by atoms with E-state index in [1.165, 1.54) is 0 Å². The molecule has 1 aliphatic heterocycles. The van der Waals surface area contributed by atoms with E-state index >= 15 is 0 Å². The fourth-order valence-electron chi connectivity index (χ4n) is 4.60. The maximum atomic E-state index is 13.2. The molecule has 3 aromatic heterocycles. The Kier molecular flexibility index (Phi) is 4.97. The molecular formula is C23H26N8O. The van der Waals surface area contributed by atoms with Crippen LogP contribution in [-0.4, -0.2) is 55.6 Å². The summed E-state index contributed by atoms with van der Waals surface area (Å²) in [6.45, 7) is 9.97. The average Bonchev–Trinajstić information content (AvgIpc) is 3.14. The van der Waals surface area contributed by atoms with Gasteiger partial charge in [-0.15, -0.1) is 5.10 Å². The molecule has 1 saturated heterocycles. The summed E-state index contributed by atoms with van der Waals surface area (Å²) in [5.41, 5.74) is 4.53. The van der Waals surface area contributed by atoms with Gasteiger partial charge in [0.05, 0.1) is 29.3 Å². The molecule has 0 unspecified atom stereocenters. The van der Waals surface area contributed by atoms with Crippen molar-refractivity contribution in [2.45, 2.75) is 39.8 Å². The first-order chi connectivity index (χ1) is 15.4. The van der Waals surface area contributed by atoms with Crippen molar-refractivity contribution in [2.24, 2.45) is 0 Å². The smallest absolute Gasteiger partial charge is 0.259 e. The molecule has 2 atom stereocenters. The van der Waals surface area contributed by atoms with Crippen LogP contribution in [-0.2, 0) is 0 Å². The lowest BCUT2D eigenvalue weighted by atomic mass is 10.0. The van der Waals surface area contributed by atoms with Crippen LogP contribution in [0.3, 0.4) is 0 Å². The van der Waals surface area contributed by atoms with Crippen molar-refractivity contribution in [2.75, 3.05) is 23.3 Å². The van der Waals surface area contributed by atoms with Crippen LogP contribution in [0.1, 0.15) is 35.6 Å². The van der Waals surface area contributed by atoms with Gasteiger partial charge in [-0.1, -0.05) is 0 Å². The van der Waals surface area contributed by atoms with Gasteiger partial charge in [-0.25, -0.2) is 4.98 Å². The van der Waals surface area contributed by atoms with Gasteiger partial charge < -0.3 is 19.9 Å². The molecule has 4 aromatic rings. The Bertz CT molecular complexity index is 1320. The summed E-state index contributed by atoms with van der Waals surface area (Å²) in [5, 5.41) is 15.7. The van der Waals surface area contributed by atoms with Crippen molar-refractivity contribution in [1.82, 2.24) is 29.9 Å². The topological polar surface area (TPSA) is 100 Å². The van der Waals surface area contributed by atoms with E-state index in [4.69, 9.17) is 0 Å². The Morgan fingerprint density at radius 1 is 1.09 bits per heavy atom. The Labute approximate surface area is 185 Å². The molecule has 0 spiro atoms. The van der Waals surface area contributed by atoms with Crippen LogP contribution in [0, 0.1) is 13.8 Å². The second-order valence-electron chi connectivity index (χ2n) is 8.58. The van der Waals surface area contributed by atoms with Gasteiger partial charge in [-0.3, -0.25) is 9.78 Å². The van der Waals surface area contributed by atoms with E-state index in [9.17, 15) is 4.79 Å². The third-order valence-corrected chi connectivity index (χ3v) is 5.77. The normalized spacial score (nSPS) is 18.9. The molecule has 1 aliphatic rings. The van der Waals surface area contributed by atoms with Gasteiger partial charge in [0, 0.05) is 42.4 Å². The van der Waals surface area contributed by atoms with Crippen LogP contribution in [0.2, 0.25) is 0 Å². The molecule has 9 heteroatoms. The number of carbonyl (C=O) groups is 1. The summed E-state index contributed by atoms with van der Waals surface area (Å²) in [6, 6.07) is 6.51. The molecule has 1 fully saturated rings. The minimum atomic E-state index is -0.269. The largest absolute Gasteiger partial charge is 0.368 e. The number of hydrogen-bond donors (Lipinski definition) is 2. The number of nitrogens with one attached hydrogen (secondary N) is 2. The number of benzene rings is 1. The number of aryl methyl sites for hydroxylation is 2. The lowest BCUT2D eigenvalue weighted by Crippen LogP contribution is -2.54. The third-order valence-electron chi connectivity index (χ3n) is 5.77. The number of anilines is 2. The predicted molar refractivity (Wildman–Crippen MR) is 124 cm³/mol. The van der Waals surface area contributed by atoms with Crippen LogP contribution >= 0.6 is 0 Å². The van der Waals surface area contributed by atoms with Crippen LogP contribution in [0.25, 0.3) is 16.6 Å². The quantitative estimate of drug-likeness (QED) is 0.515. The summed E-state index contributed by atoms with van der Waals surface area (Å²) in [7, 11) is 0. The standard InChI is InChI=1S/C23H26N8O/c1-13-9-30(10-14(2)25-13)19-6-5-18(21-17(19)7-8-24-29-21)23(32)28-20-12-31-11-15(3)26-16(4)22(31)27-20/h5-8,11-14,25H,9-10H2,1-4H3,(H,28,32)/t13-,14+. The van der Waals surface area contributed by atoms with Crippen molar-refractivity contribution < 1.29 is 4.79 Å². The SMILES string of the molecule is Cc1cn2cc(NC(=O)c3ccc(N4C[C@@H](C)N[C@@H](C)C4)c4ccnnc34)nc2c(C)n1. The zero-order valence-corrected chi connectivity index (χ0v) is 18.6. The maximum absolute atomic E-state index is 13.2. The van der Waals surface area contributed by atoms with Gasteiger partial charge in [0.1, 0.15) is 5.52 Å². The zero-order chi connectivity index (χ0) is 22.4. The third kappa shape index (κ3) is 3.64. The maximum Gasteiger partial charge on any atom is 0.259 e. The molecule has 0 radical (unpaired) electrons. The summed E-state index contributed by atoms with van der Waals surface area (Å²) in [6.07, 6.45) is 5.35. The average molecular weight is 431 g/mol. The second kappa shape index (κ2) is 7.83. The molecule has 32 heavy (non-hydrogen) atoms. The van der Waals surface area contributed by atoms with Crippen LogP contribution < -0.4 is 15.5 Å². The van der Waals surface area contributed by atoms with Crippen molar-refractivity contribution in [3.05, 3.63) is 53.7 Å². The second-order valence-corrected chi connectivity index (χ2v) is 8.58.